The zero-order chi connectivity index (χ0) is 20.8. The summed E-state index contributed by atoms with van der Waals surface area (Å²) in [7, 11) is 3.98. The fourth-order valence-electron chi connectivity index (χ4n) is 3.36. The fraction of sp³-hybridized carbons (Fsp3) is 0.409. The van der Waals surface area contributed by atoms with E-state index in [-0.39, 0.29) is 12.0 Å². The number of rotatable bonds is 7. The first-order valence-corrected chi connectivity index (χ1v) is 10.5. The highest BCUT2D eigenvalue weighted by Gasteiger charge is 2.21. The highest BCUT2D eigenvalue weighted by Crippen LogP contribution is 2.23. The first-order valence-electron chi connectivity index (χ1n) is 9.71. The minimum atomic E-state index is -0.0245. The quantitative estimate of drug-likeness (QED) is 0.720. The Bertz CT molecular complexity index is 845. The number of amides is 1. The third-order valence-electron chi connectivity index (χ3n) is 4.93. The summed E-state index contributed by atoms with van der Waals surface area (Å²) in [5, 5.41) is 4.14. The van der Waals surface area contributed by atoms with Gasteiger partial charge < -0.3 is 15.0 Å². The summed E-state index contributed by atoms with van der Waals surface area (Å²) < 4.78 is 5.83. The molecule has 0 saturated carbocycles. The highest BCUT2D eigenvalue weighted by atomic mass is 35.5. The SMILES string of the molecule is CN(C)c1cccc(CC(=O)NCC2CN(Cc3ccc(Cl)c(Cl)c3)CCO2)c1. The van der Waals surface area contributed by atoms with Gasteiger partial charge >= 0.3 is 0 Å². The van der Waals surface area contributed by atoms with Gasteiger partial charge in [0.2, 0.25) is 5.91 Å². The van der Waals surface area contributed by atoms with E-state index in [0.29, 0.717) is 29.6 Å². The largest absolute Gasteiger partial charge is 0.378 e. The Morgan fingerprint density at radius 1 is 1.17 bits per heavy atom. The molecular weight excluding hydrogens is 409 g/mol. The van der Waals surface area contributed by atoms with Gasteiger partial charge in [0.25, 0.3) is 0 Å². The lowest BCUT2D eigenvalue weighted by Crippen LogP contribution is -2.47. The van der Waals surface area contributed by atoms with Crippen LogP contribution in [0, 0.1) is 0 Å². The van der Waals surface area contributed by atoms with Gasteiger partial charge in [0.05, 0.1) is 29.2 Å². The van der Waals surface area contributed by atoms with Crippen molar-refractivity contribution in [3.63, 3.8) is 0 Å². The summed E-state index contributed by atoms with van der Waals surface area (Å²) in [5.74, 6) is 0.00566. The molecule has 0 radical (unpaired) electrons. The van der Waals surface area contributed by atoms with Crippen LogP contribution in [0.1, 0.15) is 11.1 Å². The summed E-state index contributed by atoms with van der Waals surface area (Å²) in [4.78, 5) is 16.7. The van der Waals surface area contributed by atoms with Crippen molar-refractivity contribution in [2.75, 3.05) is 45.2 Å². The molecule has 0 aliphatic carbocycles. The lowest BCUT2D eigenvalue weighted by molar-refractivity contribution is -0.121. The zero-order valence-corrected chi connectivity index (χ0v) is 18.3. The van der Waals surface area contributed by atoms with E-state index in [1.807, 2.05) is 61.5 Å². The van der Waals surface area contributed by atoms with Gasteiger partial charge in [-0.25, -0.2) is 0 Å². The lowest BCUT2D eigenvalue weighted by Gasteiger charge is -2.33. The number of morpholine rings is 1. The summed E-state index contributed by atoms with van der Waals surface area (Å²) in [6.45, 7) is 3.54. The molecule has 1 saturated heterocycles. The van der Waals surface area contributed by atoms with Crippen LogP contribution in [0.4, 0.5) is 5.69 Å². The first-order chi connectivity index (χ1) is 13.9. The van der Waals surface area contributed by atoms with Crippen LogP contribution in [-0.2, 0) is 22.5 Å². The molecule has 0 spiro atoms. The molecule has 1 amide bonds. The minimum absolute atomic E-state index is 0.00566. The number of hydrogen-bond acceptors (Lipinski definition) is 4. The third-order valence-corrected chi connectivity index (χ3v) is 5.67. The van der Waals surface area contributed by atoms with Crippen LogP contribution < -0.4 is 10.2 Å². The Morgan fingerprint density at radius 2 is 2.00 bits per heavy atom. The number of carbonyl (C=O) groups is 1. The zero-order valence-electron chi connectivity index (χ0n) is 16.8. The van der Waals surface area contributed by atoms with Crippen molar-refractivity contribution >= 4 is 34.8 Å². The van der Waals surface area contributed by atoms with Crippen molar-refractivity contribution in [2.45, 2.75) is 19.1 Å². The Labute approximate surface area is 182 Å². The molecule has 29 heavy (non-hydrogen) atoms. The summed E-state index contributed by atoms with van der Waals surface area (Å²) in [6.07, 6.45) is 0.338. The van der Waals surface area contributed by atoms with Crippen molar-refractivity contribution < 1.29 is 9.53 Å². The minimum Gasteiger partial charge on any atom is -0.378 e. The van der Waals surface area contributed by atoms with Crippen LogP contribution in [0.25, 0.3) is 0 Å². The predicted molar refractivity (Wildman–Crippen MR) is 119 cm³/mol. The van der Waals surface area contributed by atoms with Gasteiger partial charge in [0.1, 0.15) is 0 Å². The van der Waals surface area contributed by atoms with E-state index in [1.165, 1.54) is 0 Å². The van der Waals surface area contributed by atoms with Crippen molar-refractivity contribution in [2.24, 2.45) is 0 Å². The van der Waals surface area contributed by atoms with Gasteiger partial charge in [-0.3, -0.25) is 9.69 Å². The van der Waals surface area contributed by atoms with Crippen LogP contribution in [-0.4, -0.2) is 57.2 Å². The van der Waals surface area contributed by atoms with Crippen molar-refractivity contribution in [3.05, 3.63) is 63.6 Å². The predicted octanol–water partition coefficient (Wildman–Crippen LogP) is 3.62. The van der Waals surface area contributed by atoms with Crippen molar-refractivity contribution in [1.29, 1.82) is 0 Å². The Balaban J connectivity index is 1.47. The molecule has 5 nitrogen and oxygen atoms in total. The Morgan fingerprint density at radius 3 is 2.76 bits per heavy atom. The highest BCUT2D eigenvalue weighted by molar-refractivity contribution is 6.42. The fourth-order valence-corrected chi connectivity index (χ4v) is 3.68. The van der Waals surface area contributed by atoms with Crippen molar-refractivity contribution in [3.8, 4) is 0 Å². The van der Waals surface area contributed by atoms with Crippen LogP contribution >= 0.6 is 23.2 Å². The maximum Gasteiger partial charge on any atom is 0.224 e. The van der Waals surface area contributed by atoms with Gasteiger partial charge in [0.15, 0.2) is 0 Å². The summed E-state index contributed by atoms with van der Waals surface area (Å²) >= 11 is 12.1. The third kappa shape index (κ3) is 6.61. The monoisotopic (exact) mass is 435 g/mol. The summed E-state index contributed by atoms with van der Waals surface area (Å²) in [5.41, 5.74) is 3.20. The molecular formula is C22H27Cl2N3O2. The molecule has 2 aromatic carbocycles. The lowest BCUT2D eigenvalue weighted by atomic mass is 10.1. The van der Waals surface area contributed by atoms with Crippen LogP contribution in [0.3, 0.4) is 0 Å². The Kier molecular flexibility index (Phi) is 7.78. The number of halogens is 2. The maximum absolute atomic E-state index is 12.4. The number of nitrogens with one attached hydrogen (secondary N) is 1. The maximum atomic E-state index is 12.4. The van der Waals surface area contributed by atoms with Gasteiger partial charge in [-0.1, -0.05) is 41.4 Å². The first kappa shape index (κ1) is 21.9. The van der Waals surface area contributed by atoms with E-state index >= 15 is 0 Å². The second-order valence-electron chi connectivity index (χ2n) is 7.52. The molecule has 1 atom stereocenters. The molecule has 1 N–H and O–H groups in total. The average molecular weight is 436 g/mol. The average Bonchev–Trinajstić information content (AvgIpc) is 2.70. The second-order valence-corrected chi connectivity index (χ2v) is 8.34. The normalized spacial score (nSPS) is 17.2. The number of nitrogens with zero attached hydrogens (tertiary/aromatic N) is 2. The smallest absolute Gasteiger partial charge is 0.224 e. The molecule has 2 aromatic rings. The number of carbonyl (C=O) groups excluding carboxylic acids is 1. The number of hydrogen-bond donors (Lipinski definition) is 1. The topological polar surface area (TPSA) is 44.8 Å². The van der Waals surface area contributed by atoms with Crippen molar-refractivity contribution in [1.82, 2.24) is 10.2 Å². The van der Waals surface area contributed by atoms with E-state index in [0.717, 1.165) is 36.4 Å². The van der Waals surface area contributed by atoms with E-state index in [1.54, 1.807) is 0 Å². The Hall–Kier alpha value is -1.79. The second kappa shape index (κ2) is 10.3. The molecule has 7 heteroatoms. The number of anilines is 1. The molecule has 0 aromatic heterocycles. The molecule has 3 rings (SSSR count). The standard InChI is InChI=1S/C22H27Cl2N3O2/c1-26(2)18-5-3-4-16(10-18)12-22(28)25-13-19-15-27(8-9-29-19)14-17-6-7-20(23)21(24)11-17/h3-7,10-11,19H,8-9,12-15H2,1-2H3,(H,25,28). The van der Waals surface area contributed by atoms with Gasteiger partial charge in [-0.2, -0.15) is 0 Å². The van der Waals surface area contributed by atoms with E-state index < -0.39 is 0 Å². The van der Waals surface area contributed by atoms with Gasteiger partial charge in [0, 0.05) is 46.0 Å². The van der Waals surface area contributed by atoms with Crippen LogP contribution in [0.15, 0.2) is 42.5 Å². The molecule has 1 unspecified atom stereocenters. The van der Waals surface area contributed by atoms with E-state index in [4.69, 9.17) is 27.9 Å². The summed E-state index contributed by atoms with van der Waals surface area (Å²) in [6, 6.07) is 13.7. The van der Waals surface area contributed by atoms with Gasteiger partial charge in [-0.15, -0.1) is 0 Å². The molecule has 1 heterocycles. The molecule has 156 valence electrons. The van der Waals surface area contributed by atoms with Crippen LogP contribution in [0.2, 0.25) is 10.0 Å². The molecule has 1 aliphatic rings. The molecule has 0 bridgehead atoms. The van der Waals surface area contributed by atoms with Crippen LogP contribution in [0.5, 0.6) is 0 Å². The van der Waals surface area contributed by atoms with Gasteiger partial charge in [-0.05, 0) is 35.4 Å². The molecule has 1 aliphatic heterocycles. The molecule has 1 fully saturated rings. The van der Waals surface area contributed by atoms with E-state index in [9.17, 15) is 4.79 Å². The number of ether oxygens (including phenoxy) is 1. The number of benzene rings is 2. The van der Waals surface area contributed by atoms with E-state index in [2.05, 4.69) is 10.2 Å².